The highest BCUT2D eigenvalue weighted by Crippen LogP contribution is 2.18. The number of hydrogen-bond donors (Lipinski definition) is 1. The van der Waals surface area contributed by atoms with Crippen molar-refractivity contribution in [3.63, 3.8) is 0 Å². The minimum absolute atomic E-state index is 0.123. The highest BCUT2D eigenvalue weighted by Gasteiger charge is 2.21. The van der Waals surface area contributed by atoms with E-state index in [1.165, 1.54) is 0 Å². The van der Waals surface area contributed by atoms with E-state index in [9.17, 15) is 4.79 Å². The van der Waals surface area contributed by atoms with Gasteiger partial charge in [0, 0.05) is 35.4 Å². The van der Waals surface area contributed by atoms with Gasteiger partial charge >= 0.3 is 6.03 Å². The Morgan fingerprint density at radius 2 is 2.10 bits per heavy atom. The van der Waals surface area contributed by atoms with Crippen LogP contribution in [0.25, 0.3) is 0 Å². The average molecular weight is 289 g/mol. The van der Waals surface area contributed by atoms with Crippen LogP contribution < -0.4 is 5.32 Å². The van der Waals surface area contributed by atoms with E-state index >= 15 is 0 Å². The van der Waals surface area contributed by atoms with Gasteiger partial charge < -0.3 is 10.2 Å². The summed E-state index contributed by atoms with van der Waals surface area (Å²) in [5.41, 5.74) is 2.76. The van der Waals surface area contributed by atoms with Gasteiger partial charge in [0.15, 0.2) is 0 Å². The van der Waals surface area contributed by atoms with Gasteiger partial charge in [-0.3, -0.25) is 0 Å². The van der Waals surface area contributed by atoms with Crippen LogP contribution in [0, 0.1) is 0 Å². The SMILES string of the molecule is O=C(Nc1ccc(Cl)cc1)N1CCc2ncncc2C1. The second-order valence-corrected chi connectivity index (χ2v) is 5.04. The summed E-state index contributed by atoms with van der Waals surface area (Å²) in [5.74, 6) is 0. The van der Waals surface area contributed by atoms with Gasteiger partial charge in [0.05, 0.1) is 12.2 Å². The fourth-order valence-corrected chi connectivity index (χ4v) is 2.30. The topological polar surface area (TPSA) is 58.1 Å². The Bertz CT molecular complexity index is 629. The number of fused-ring (bicyclic) bond motifs is 1. The van der Waals surface area contributed by atoms with Crippen LogP contribution in [0.3, 0.4) is 0 Å². The zero-order chi connectivity index (χ0) is 13.9. The molecule has 1 aliphatic heterocycles. The number of nitrogens with one attached hydrogen (secondary N) is 1. The predicted octanol–water partition coefficient (Wildman–Crippen LogP) is 2.72. The number of aromatic nitrogens is 2. The van der Waals surface area contributed by atoms with Gasteiger partial charge in [-0.2, -0.15) is 0 Å². The number of benzene rings is 1. The molecular formula is C14H13ClN4O. The molecule has 0 aliphatic carbocycles. The first kappa shape index (κ1) is 12.9. The van der Waals surface area contributed by atoms with Crippen molar-refractivity contribution in [2.75, 3.05) is 11.9 Å². The zero-order valence-electron chi connectivity index (χ0n) is 10.7. The predicted molar refractivity (Wildman–Crippen MR) is 76.6 cm³/mol. The lowest BCUT2D eigenvalue weighted by Gasteiger charge is -2.27. The Balaban J connectivity index is 1.68. The van der Waals surface area contributed by atoms with Gasteiger partial charge in [0.25, 0.3) is 0 Å². The fourth-order valence-electron chi connectivity index (χ4n) is 2.18. The van der Waals surface area contributed by atoms with Gasteiger partial charge in [0.1, 0.15) is 6.33 Å². The highest BCUT2D eigenvalue weighted by molar-refractivity contribution is 6.30. The molecule has 0 radical (unpaired) electrons. The number of rotatable bonds is 1. The maximum atomic E-state index is 12.2. The third-order valence-corrected chi connectivity index (χ3v) is 3.50. The summed E-state index contributed by atoms with van der Waals surface area (Å²) in [6, 6.07) is 6.93. The second kappa shape index (κ2) is 5.46. The van der Waals surface area contributed by atoms with Crippen molar-refractivity contribution < 1.29 is 4.79 Å². The molecule has 0 unspecified atom stereocenters. The molecule has 102 valence electrons. The Kier molecular flexibility index (Phi) is 3.52. The normalized spacial score (nSPS) is 13.8. The maximum Gasteiger partial charge on any atom is 0.322 e. The van der Waals surface area contributed by atoms with Crippen molar-refractivity contribution in [1.82, 2.24) is 14.9 Å². The van der Waals surface area contributed by atoms with Crippen LogP contribution in [0.2, 0.25) is 5.02 Å². The van der Waals surface area contributed by atoms with E-state index in [0.717, 1.165) is 23.4 Å². The molecule has 1 aliphatic rings. The zero-order valence-corrected chi connectivity index (χ0v) is 11.5. The Morgan fingerprint density at radius 1 is 1.30 bits per heavy atom. The van der Waals surface area contributed by atoms with Crippen molar-refractivity contribution in [3.05, 3.63) is 53.1 Å². The molecule has 20 heavy (non-hydrogen) atoms. The van der Waals surface area contributed by atoms with Crippen molar-refractivity contribution in [2.45, 2.75) is 13.0 Å². The molecule has 2 aromatic rings. The van der Waals surface area contributed by atoms with E-state index in [1.54, 1.807) is 41.7 Å². The summed E-state index contributed by atoms with van der Waals surface area (Å²) in [5, 5.41) is 3.50. The molecule has 0 fully saturated rings. The van der Waals surface area contributed by atoms with Crippen molar-refractivity contribution in [3.8, 4) is 0 Å². The van der Waals surface area contributed by atoms with Crippen LogP contribution in [-0.2, 0) is 13.0 Å². The van der Waals surface area contributed by atoms with Gasteiger partial charge in [-0.1, -0.05) is 11.6 Å². The minimum Gasteiger partial charge on any atom is -0.320 e. The summed E-state index contributed by atoms with van der Waals surface area (Å²) in [6.07, 6.45) is 4.07. The van der Waals surface area contributed by atoms with E-state index < -0.39 is 0 Å². The number of halogens is 1. The Hall–Kier alpha value is -2.14. The van der Waals surface area contributed by atoms with E-state index in [4.69, 9.17) is 11.6 Å². The van der Waals surface area contributed by atoms with Crippen LogP contribution in [0.15, 0.2) is 36.8 Å². The Morgan fingerprint density at radius 3 is 2.90 bits per heavy atom. The van der Waals surface area contributed by atoms with Gasteiger partial charge in [-0.15, -0.1) is 0 Å². The summed E-state index contributed by atoms with van der Waals surface area (Å²) >= 11 is 5.82. The lowest BCUT2D eigenvalue weighted by molar-refractivity contribution is 0.206. The van der Waals surface area contributed by atoms with Crippen LogP contribution in [0.1, 0.15) is 11.3 Å². The monoisotopic (exact) mass is 288 g/mol. The average Bonchev–Trinajstić information content (AvgIpc) is 2.49. The first-order chi connectivity index (χ1) is 9.72. The van der Waals surface area contributed by atoms with Crippen LogP contribution >= 0.6 is 11.6 Å². The minimum atomic E-state index is -0.123. The largest absolute Gasteiger partial charge is 0.322 e. The standard InChI is InChI=1S/C14H13ClN4O/c15-11-1-3-12(4-2-11)18-14(20)19-6-5-13-10(8-19)7-16-9-17-13/h1-4,7,9H,5-6,8H2,(H,18,20). The van der Waals surface area contributed by atoms with Gasteiger partial charge in [-0.25, -0.2) is 14.8 Å². The maximum absolute atomic E-state index is 12.2. The summed E-state index contributed by atoms with van der Waals surface area (Å²) in [7, 11) is 0. The molecule has 1 aromatic carbocycles. The molecule has 0 atom stereocenters. The molecule has 3 rings (SSSR count). The summed E-state index contributed by atoms with van der Waals surface area (Å²) < 4.78 is 0. The summed E-state index contributed by atoms with van der Waals surface area (Å²) in [4.78, 5) is 22.2. The number of amides is 2. The number of anilines is 1. The van der Waals surface area contributed by atoms with Crippen LogP contribution in [0.5, 0.6) is 0 Å². The molecule has 0 spiro atoms. The van der Waals surface area contributed by atoms with Crippen molar-refractivity contribution >= 4 is 23.3 Å². The van der Waals surface area contributed by atoms with Crippen LogP contribution in [0.4, 0.5) is 10.5 Å². The quantitative estimate of drug-likeness (QED) is 0.878. The third-order valence-electron chi connectivity index (χ3n) is 3.24. The number of urea groups is 1. The first-order valence-corrected chi connectivity index (χ1v) is 6.69. The molecule has 0 saturated heterocycles. The van der Waals surface area contributed by atoms with E-state index in [2.05, 4.69) is 15.3 Å². The fraction of sp³-hybridized carbons (Fsp3) is 0.214. The highest BCUT2D eigenvalue weighted by atomic mass is 35.5. The number of carbonyl (C=O) groups is 1. The van der Waals surface area contributed by atoms with Crippen molar-refractivity contribution in [2.24, 2.45) is 0 Å². The van der Waals surface area contributed by atoms with Crippen LogP contribution in [-0.4, -0.2) is 27.4 Å². The summed E-state index contributed by atoms with van der Waals surface area (Å²) in [6.45, 7) is 1.19. The van der Waals surface area contributed by atoms with Crippen molar-refractivity contribution in [1.29, 1.82) is 0 Å². The number of nitrogens with zero attached hydrogens (tertiary/aromatic N) is 3. The molecule has 0 saturated carbocycles. The molecule has 1 N–H and O–H groups in total. The molecule has 0 bridgehead atoms. The van der Waals surface area contributed by atoms with E-state index in [-0.39, 0.29) is 6.03 Å². The Labute approximate surface area is 121 Å². The second-order valence-electron chi connectivity index (χ2n) is 4.60. The molecule has 2 amide bonds. The molecular weight excluding hydrogens is 276 g/mol. The molecule has 6 heteroatoms. The van der Waals surface area contributed by atoms with E-state index in [1.807, 2.05) is 0 Å². The molecule has 1 aromatic heterocycles. The molecule has 2 heterocycles. The van der Waals surface area contributed by atoms with Gasteiger partial charge in [0.2, 0.25) is 0 Å². The first-order valence-electron chi connectivity index (χ1n) is 6.31. The number of carbonyl (C=O) groups excluding carboxylic acids is 1. The third kappa shape index (κ3) is 2.72. The van der Waals surface area contributed by atoms with E-state index in [0.29, 0.717) is 18.1 Å². The lowest BCUT2D eigenvalue weighted by atomic mass is 10.1. The molecule has 5 nitrogen and oxygen atoms in total. The van der Waals surface area contributed by atoms with Gasteiger partial charge in [-0.05, 0) is 24.3 Å². The lowest BCUT2D eigenvalue weighted by Crippen LogP contribution is -2.39. The smallest absolute Gasteiger partial charge is 0.320 e. The number of hydrogen-bond acceptors (Lipinski definition) is 3.